The summed E-state index contributed by atoms with van der Waals surface area (Å²) in [6, 6.07) is 0.635. The van der Waals surface area contributed by atoms with Crippen LogP contribution in [0.5, 0.6) is 0 Å². The Hall–Kier alpha value is -2.06. The van der Waals surface area contributed by atoms with Crippen LogP contribution in [-0.2, 0) is 0 Å². The van der Waals surface area contributed by atoms with Gasteiger partial charge in [-0.1, -0.05) is 24.4 Å². The van der Waals surface area contributed by atoms with Crippen LogP contribution in [0.3, 0.4) is 0 Å². The zero-order valence-corrected chi connectivity index (χ0v) is 16.3. The van der Waals surface area contributed by atoms with Crippen LogP contribution < -0.4 is 16.8 Å². The van der Waals surface area contributed by atoms with Crippen LogP contribution in [0.15, 0.2) is 22.1 Å². The van der Waals surface area contributed by atoms with E-state index in [1.807, 2.05) is 4.90 Å². The van der Waals surface area contributed by atoms with Crippen LogP contribution >= 0.6 is 0 Å². The molecular weight excluding hydrogens is 344 g/mol. The van der Waals surface area contributed by atoms with E-state index >= 15 is 0 Å². The average molecular weight is 377 g/mol. The number of aliphatic hydroxyl groups excluding tert-OH is 1. The molecule has 2 fully saturated rings. The molecule has 2 heterocycles. The van der Waals surface area contributed by atoms with E-state index in [9.17, 15) is 5.11 Å². The van der Waals surface area contributed by atoms with Crippen molar-refractivity contribution in [3.8, 4) is 0 Å². The van der Waals surface area contributed by atoms with Crippen molar-refractivity contribution in [2.75, 3.05) is 13.1 Å². The number of hydrogen-bond donors (Lipinski definition) is 4. The molecule has 0 aromatic carbocycles. The lowest BCUT2D eigenvalue weighted by atomic mass is 9.92. The van der Waals surface area contributed by atoms with Crippen molar-refractivity contribution >= 4 is 5.57 Å². The molecule has 2 aliphatic rings. The molecule has 0 amide bonds. The van der Waals surface area contributed by atoms with Gasteiger partial charge in [0.1, 0.15) is 5.82 Å². The van der Waals surface area contributed by atoms with Crippen molar-refractivity contribution in [3.05, 3.63) is 29.3 Å². The molecule has 8 nitrogen and oxygen atoms in total. The normalized spacial score (nSPS) is 26.2. The van der Waals surface area contributed by atoms with E-state index in [4.69, 9.17) is 16.0 Å². The number of rotatable bonds is 5. The Morgan fingerprint density at radius 1 is 1.26 bits per heavy atom. The first-order valence-corrected chi connectivity index (χ1v) is 9.87. The third-order valence-electron chi connectivity index (χ3n) is 5.38. The molecule has 150 valence electrons. The maximum atomic E-state index is 10.7. The van der Waals surface area contributed by atoms with Gasteiger partial charge in [0.05, 0.1) is 11.7 Å². The van der Waals surface area contributed by atoms with Gasteiger partial charge in [-0.2, -0.15) is 4.98 Å². The number of aliphatic hydroxyl groups is 1. The standard InChI is InChI=1S/C19H32N6O2/c1-12(20)10-15(19-22-13(2)24-27-19)18(21)25-9-8-16(17(26)11-25)23-14-6-4-3-5-7-14/h10,14,16-17,23,26H,3-9,11,20-21H2,1-2H3/b12-10-,18-15-/t16-,17-/m1/s1. The highest BCUT2D eigenvalue weighted by atomic mass is 16.5. The third-order valence-corrected chi connectivity index (χ3v) is 5.38. The largest absolute Gasteiger partial charge is 0.402 e. The summed E-state index contributed by atoms with van der Waals surface area (Å²) in [4.78, 5) is 6.24. The molecule has 1 aromatic rings. The number of piperidine rings is 1. The van der Waals surface area contributed by atoms with Crippen LogP contribution in [0.1, 0.15) is 57.2 Å². The number of hydrogen-bond acceptors (Lipinski definition) is 8. The zero-order valence-electron chi connectivity index (χ0n) is 16.3. The van der Waals surface area contributed by atoms with Crippen LogP contribution in [0.4, 0.5) is 0 Å². The lowest BCUT2D eigenvalue weighted by Gasteiger charge is -2.40. The summed E-state index contributed by atoms with van der Waals surface area (Å²) in [6.45, 7) is 4.75. The van der Waals surface area contributed by atoms with Gasteiger partial charge in [0.2, 0.25) is 0 Å². The molecule has 3 rings (SSSR count). The molecule has 1 aliphatic heterocycles. The minimum atomic E-state index is -0.479. The number of likely N-dealkylation sites (tertiary alicyclic amines) is 1. The molecule has 8 heteroatoms. The second-order valence-corrected chi connectivity index (χ2v) is 7.74. The van der Waals surface area contributed by atoms with Gasteiger partial charge in [-0.25, -0.2) is 0 Å². The number of allylic oxidation sites excluding steroid dienone is 3. The molecule has 1 aliphatic carbocycles. The minimum absolute atomic E-state index is 0.109. The minimum Gasteiger partial charge on any atom is -0.402 e. The van der Waals surface area contributed by atoms with Crippen molar-refractivity contribution in [2.45, 2.75) is 70.6 Å². The molecule has 6 N–H and O–H groups in total. The molecule has 0 spiro atoms. The second-order valence-electron chi connectivity index (χ2n) is 7.74. The van der Waals surface area contributed by atoms with E-state index in [0.717, 1.165) is 13.0 Å². The Morgan fingerprint density at radius 2 is 2.00 bits per heavy atom. The van der Waals surface area contributed by atoms with Gasteiger partial charge in [0, 0.05) is 30.9 Å². The number of β-amino-alcohol motifs (C(OH)–C–C–N with tert-alkyl or cyclic N) is 1. The van der Waals surface area contributed by atoms with Gasteiger partial charge < -0.3 is 31.3 Å². The predicted molar refractivity (Wildman–Crippen MR) is 104 cm³/mol. The van der Waals surface area contributed by atoms with Crippen molar-refractivity contribution in [2.24, 2.45) is 11.5 Å². The highest BCUT2D eigenvalue weighted by molar-refractivity contribution is 5.71. The van der Waals surface area contributed by atoms with Gasteiger partial charge in [0.25, 0.3) is 5.89 Å². The molecule has 1 saturated carbocycles. The van der Waals surface area contributed by atoms with Gasteiger partial charge >= 0.3 is 0 Å². The van der Waals surface area contributed by atoms with Gasteiger partial charge in [-0.15, -0.1) is 0 Å². The first-order valence-electron chi connectivity index (χ1n) is 9.87. The van der Waals surface area contributed by atoms with Crippen LogP contribution in [0.2, 0.25) is 0 Å². The zero-order chi connectivity index (χ0) is 19.4. The topological polar surface area (TPSA) is 126 Å². The highest BCUT2D eigenvalue weighted by Gasteiger charge is 2.31. The smallest absolute Gasteiger partial charge is 0.261 e. The fourth-order valence-electron chi connectivity index (χ4n) is 3.97. The van der Waals surface area contributed by atoms with Gasteiger partial charge in [0.15, 0.2) is 5.82 Å². The molecule has 0 unspecified atom stereocenters. The van der Waals surface area contributed by atoms with E-state index in [-0.39, 0.29) is 6.04 Å². The number of nitrogens with one attached hydrogen (secondary N) is 1. The third kappa shape index (κ3) is 5.01. The van der Waals surface area contributed by atoms with Crippen LogP contribution in [0.25, 0.3) is 5.57 Å². The van der Waals surface area contributed by atoms with Gasteiger partial charge in [-0.05, 0) is 39.2 Å². The molecular formula is C19H32N6O2. The van der Waals surface area contributed by atoms with E-state index in [2.05, 4.69) is 15.5 Å². The maximum Gasteiger partial charge on any atom is 0.261 e. The van der Waals surface area contributed by atoms with E-state index in [1.54, 1.807) is 19.9 Å². The molecule has 27 heavy (non-hydrogen) atoms. The Balaban J connectivity index is 1.71. The molecule has 0 radical (unpaired) electrons. The SMILES string of the molecule is C/C(N)=C/C(=C(\N)N1CC[C@@H](NC2CCCCC2)[C@H](O)C1)c1nc(C)no1. The average Bonchev–Trinajstić information content (AvgIpc) is 3.07. The summed E-state index contributed by atoms with van der Waals surface area (Å²) >= 11 is 0. The maximum absolute atomic E-state index is 10.7. The summed E-state index contributed by atoms with van der Waals surface area (Å²) in [5, 5.41) is 18.2. The Morgan fingerprint density at radius 3 is 2.59 bits per heavy atom. The monoisotopic (exact) mass is 376 g/mol. The van der Waals surface area contributed by atoms with Gasteiger partial charge in [-0.3, -0.25) is 0 Å². The first kappa shape index (κ1) is 19.7. The second kappa shape index (κ2) is 8.75. The van der Waals surface area contributed by atoms with E-state index < -0.39 is 6.10 Å². The van der Waals surface area contributed by atoms with Crippen LogP contribution in [0, 0.1) is 6.92 Å². The Bertz CT molecular complexity index is 688. The Labute approximate surface area is 160 Å². The number of nitrogens with zero attached hydrogens (tertiary/aromatic N) is 3. The predicted octanol–water partition coefficient (Wildman–Crippen LogP) is 1.23. The lowest BCUT2D eigenvalue weighted by Crippen LogP contribution is -2.55. The molecule has 1 saturated heterocycles. The lowest BCUT2D eigenvalue weighted by molar-refractivity contribution is 0.0476. The summed E-state index contributed by atoms with van der Waals surface area (Å²) in [7, 11) is 0. The van der Waals surface area contributed by atoms with Crippen molar-refractivity contribution in [3.63, 3.8) is 0 Å². The number of nitrogens with two attached hydrogens (primary N) is 2. The summed E-state index contributed by atoms with van der Waals surface area (Å²) in [5.74, 6) is 1.37. The van der Waals surface area contributed by atoms with E-state index in [1.165, 1.54) is 32.1 Å². The summed E-state index contributed by atoms with van der Waals surface area (Å²) < 4.78 is 5.29. The van der Waals surface area contributed by atoms with Crippen molar-refractivity contribution in [1.29, 1.82) is 0 Å². The number of aromatic nitrogens is 2. The molecule has 1 aromatic heterocycles. The summed E-state index contributed by atoms with van der Waals surface area (Å²) in [5.41, 5.74) is 13.5. The van der Waals surface area contributed by atoms with E-state index in [0.29, 0.717) is 41.4 Å². The first-order chi connectivity index (χ1) is 12.9. The van der Waals surface area contributed by atoms with Crippen molar-refractivity contribution in [1.82, 2.24) is 20.4 Å². The molecule has 0 bridgehead atoms. The highest BCUT2D eigenvalue weighted by Crippen LogP contribution is 2.24. The van der Waals surface area contributed by atoms with Crippen LogP contribution in [-0.4, -0.2) is 51.4 Å². The summed E-state index contributed by atoms with van der Waals surface area (Å²) in [6.07, 6.45) is 8.38. The van der Waals surface area contributed by atoms with Crippen molar-refractivity contribution < 1.29 is 9.63 Å². The fourth-order valence-corrected chi connectivity index (χ4v) is 3.97. The fraction of sp³-hybridized carbons (Fsp3) is 0.684. The Kier molecular flexibility index (Phi) is 6.38. The molecule has 2 atom stereocenters. The number of aryl methyl sites for hydroxylation is 1. The quantitative estimate of drug-likeness (QED) is 0.565.